The standard InChI is InChI=1S/C18H22N4O4S2/c1-5-26-17(24)14-9(3)19-18(25)20-11(14)6-27-7-12-21-15(23)13-8(2)10(4)28-16(13)22-12/h9H,5-7H2,1-4H3,(H2,19,20,25)(H,21,22,23)/t9-/m0/s1. The molecule has 0 radical (unpaired) electrons. The van der Waals surface area contributed by atoms with Crippen molar-refractivity contribution in [1.29, 1.82) is 0 Å². The van der Waals surface area contributed by atoms with E-state index in [0.29, 0.717) is 34.0 Å². The van der Waals surface area contributed by atoms with Crippen LogP contribution in [0.1, 0.15) is 30.1 Å². The van der Waals surface area contributed by atoms with Crippen LogP contribution in [0.5, 0.6) is 0 Å². The number of hydrogen-bond acceptors (Lipinski definition) is 7. The van der Waals surface area contributed by atoms with Crippen LogP contribution in [0.25, 0.3) is 10.2 Å². The molecule has 1 aliphatic heterocycles. The van der Waals surface area contributed by atoms with Crippen molar-refractivity contribution in [3.05, 3.63) is 37.9 Å². The Morgan fingerprint density at radius 3 is 2.75 bits per heavy atom. The molecule has 0 fully saturated rings. The monoisotopic (exact) mass is 422 g/mol. The molecule has 1 aliphatic rings. The van der Waals surface area contributed by atoms with Crippen molar-refractivity contribution in [3.8, 4) is 0 Å². The van der Waals surface area contributed by atoms with Crippen LogP contribution < -0.4 is 16.2 Å². The largest absolute Gasteiger partial charge is 0.463 e. The molecule has 0 saturated carbocycles. The Bertz CT molecular complexity index is 1020. The van der Waals surface area contributed by atoms with Crippen LogP contribution in [0.4, 0.5) is 4.79 Å². The zero-order valence-corrected chi connectivity index (χ0v) is 17.7. The normalized spacial score (nSPS) is 16.9. The lowest BCUT2D eigenvalue weighted by Gasteiger charge is -2.26. The molecule has 0 saturated heterocycles. The number of thiophene rings is 1. The zero-order chi connectivity index (χ0) is 20.4. The van der Waals surface area contributed by atoms with Crippen LogP contribution in [-0.2, 0) is 15.3 Å². The second kappa shape index (κ2) is 8.36. The SMILES string of the molecule is CCOC(=O)C1=C(CSCc2nc3sc(C)c(C)c3c(=O)[nH]2)NC(=O)N[C@H]1C. The second-order valence-corrected chi connectivity index (χ2v) is 8.59. The number of carbonyl (C=O) groups is 2. The Kier molecular flexibility index (Phi) is 6.09. The average Bonchev–Trinajstić information content (AvgIpc) is 2.89. The molecule has 1 atom stereocenters. The maximum atomic E-state index is 12.4. The molecular formula is C18H22N4O4S2. The molecule has 3 rings (SSSR count). The molecule has 150 valence electrons. The van der Waals surface area contributed by atoms with Gasteiger partial charge >= 0.3 is 12.0 Å². The number of aryl methyl sites for hydroxylation is 2. The number of aromatic nitrogens is 2. The highest BCUT2D eigenvalue weighted by molar-refractivity contribution is 7.98. The molecule has 10 heteroatoms. The van der Waals surface area contributed by atoms with Gasteiger partial charge in [-0.25, -0.2) is 14.6 Å². The number of fused-ring (bicyclic) bond motifs is 1. The number of H-pyrrole nitrogens is 1. The van der Waals surface area contributed by atoms with Gasteiger partial charge in [0.15, 0.2) is 0 Å². The first-order valence-electron chi connectivity index (χ1n) is 8.86. The zero-order valence-electron chi connectivity index (χ0n) is 16.1. The second-order valence-electron chi connectivity index (χ2n) is 6.40. The summed E-state index contributed by atoms with van der Waals surface area (Å²) in [5.41, 5.74) is 1.75. The number of thioether (sulfide) groups is 1. The maximum Gasteiger partial charge on any atom is 0.337 e. The van der Waals surface area contributed by atoms with Crippen LogP contribution in [0.15, 0.2) is 16.1 Å². The van der Waals surface area contributed by atoms with Gasteiger partial charge in [-0.2, -0.15) is 0 Å². The van der Waals surface area contributed by atoms with Gasteiger partial charge < -0.3 is 20.4 Å². The number of esters is 1. The van der Waals surface area contributed by atoms with E-state index in [9.17, 15) is 14.4 Å². The van der Waals surface area contributed by atoms with Crippen LogP contribution in [0.2, 0.25) is 0 Å². The van der Waals surface area contributed by atoms with Gasteiger partial charge in [-0.15, -0.1) is 23.1 Å². The molecule has 3 N–H and O–H groups in total. The van der Waals surface area contributed by atoms with E-state index in [1.54, 1.807) is 13.8 Å². The van der Waals surface area contributed by atoms with Gasteiger partial charge in [0.1, 0.15) is 10.7 Å². The minimum Gasteiger partial charge on any atom is -0.463 e. The molecule has 2 aromatic heterocycles. The highest BCUT2D eigenvalue weighted by Crippen LogP contribution is 2.26. The lowest BCUT2D eigenvalue weighted by molar-refractivity contribution is -0.138. The van der Waals surface area contributed by atoms with Crippen LogP contribution in [-0.4, -0.2) is 40.4 Å². The summed E-state index contributed by atoms with van der Waals surface area (Å²) in [6.07, 6.45) is 0. The predicted octanol–water partition coefficient (Wildman–Crippen LogP) is 2.35. The number of carbonyl (C=O) groups excluding carboxylic acids is 2. The Morgan fingerprint density at radius 1 is 1.29 bits per heavy atom. The van der Waals surface area contributed by atoms with Gasteiger partial charge in [0.25, 0.3) is 5.56 Å². The van der Waals surface area contributed by atoms with E-state index in [1.165, 1.54) is 23.1 Å². The number of nitrogens with zero attached hydrogens (tertiary/aromatic N) is 1. The molecule has 0 aromatic carbocycles. The van der Waals surface area contributed by atoms with Crippen LogP contribution >= 0.6 is 23.1 Å². The van der Waals surface area contributed by atoms with E-state index in [2.05, 4.69) is 20.6 Å². The number of amides is 2. The fraction of sp³-hybridized carbons (Fsp3) is 0.444. The van der Waals surface area contributed by atoms with E-state index in [-0.39, 0.29) is 18.2 Å². The summed E-state index contributed by atoms with van der Waals surface area (Å²) in [5, 5.41) is 6.00. The van der Waals surface area contributed by atoms with Gasteiger partial charge in [0.2, 0.25) is 0 Å². The Morgan fingerprint density at radius 2 is 2.04 bits per heavy atom. The summed E-state index contributed by atoms with van der Waals surface area (Å²) < 4.78 is 5.10. The highest BCUT2D eigenvalue weighted by atomic mass is 32.2. The third-order valence-electron chi connectivity index (χ3n) is 4.44. The number of rotatable bonds is 6. The molecular weight excluding hydrogens is 400 g/mol. The molecule has 0 unspecified atom stereocenters. The van der Waals surface area contributed by atoms with Crippen molar-refractivity contribution in [2.75, 3.05) is 12.4 Å². The first-order chi connectivity index (χ1) is 13.3. The van der Waals surface area contributed by atoms with Crippen molar-refractivity contribution in [2.45, 2.75) is 39.5 Å². The first-order valence-corrected chi connectivity index (χ1v) is 10.8. The summed E-state index contributed by atoms with van der Waals surface area (Å²) in [5.74, 6) is 0.945. The van der Waals surface area contributed by atoms with E-state index in [0.717, 1.165) is 15.3 Å². The highest BCUT2D eigenvalue weighted by Gasteiger charge is 2.29. The van der Waals surface area contributed by atoms with Crippen molar-refractivity contribution in [3.63, 3.8) is 0 Å². The third-order valence-corrected chi connectivity index (χ3v) is 6.51. The average molecular weight is 423 g/mol. The lowest BCUT2D eigenvalue weighted by atomic mass is 10.1. The number of hydrogen-bond donors (Lipinski definition) is 3. The summed E-state index contributed by atoms with van der Waals surface area (Å²) in [6.45, 7) is 7.63. The molecule has 3 heterocycles. The third kappa shape index (κ3) is 4.07. The van der Waals surface area contributed by atoms with Gasteiger partial charge in [-0.3, -0.25) is 4.79 Å². The molecule has 2 amide bonds. The molecule has 8 nitrogen and oxygen atoms in total. The first kappa shape index (κ1) is 20.4. The quantitative estimate of drug-likeness (QED) is 0.616. The van der Waals surface area contributed by atoms with Crippen molar-refractivity contribution < 1.29 is 14.3 Å². The van der Waals surface area contributed by atoms with Crippen LogP contribution in [0.3, 0.4) is 0 Å². The number of nitrogens with one attached hydrogen (secondary N) is 3. The Labute approximate surface area is 170 Å². The van der Waals surface area contributed by atoms with Crippen molar-refractivity contribution >= 4 is 45.3 Å². The minimum atomic E-state index is -0.449. The summed E-state index contributed by atoms with van der Waals surface area (Å²) in [4.78, 5) is 45.6. The van der Waals surface area contributed by atoms with E-state index >= 15 is 0 Å². The van der Waals surface area contributed by atoms with Gasteiger partial charge in [-0.1, -0.05) is 0 Å². The minimum absolute atomic E-state index is 0.141. The van der Waals surface area contributed by atoms with E-state index in [1.807, 2.05) is 13.8 Å². The molecule has 0 bridgehead atoms. The molecule has 28 heavy (non-hydrogen) atoms. The number of aromatic amines is 1. The topological polar surface area (TPSA) is 113 Å². The maximum absolute atomic E-state index is 12.4. The summed E-state index contributed by atoms with van der Waals surface area (Å²) >= 11 is 2.95. The Balaban J connectivity index is 1.78. The summed E-state index contributed by atoms with van der Waals surface area (Å²) in [6, 6.07) is -0.789. The lowest BCUT2D eigenvalue weighted by Crippen LogP contribution is -2.49. The fourth-order valence-electron chi connectivity index (χ4n) is 3.01. The van der Waals surface area contributed by atoms with Gasteiger partial charge in [-0.05, 0) is 33.3 Å². The Hall–Kier alpha value is -2.33. The van der Waals surface area contributed by atoms with E-state index in [4.69, 9.17) is 4.74 Å². The molecule has 0 aliphatic carbocycles. The summed E-state index contributed by atoms with van der Waals surface area (Å²) in [7, 11) is 0. The van der Waals surface area contributed by atoms with Crippen molar-refractivity contribution in [2.24, 2.45) is 0 Å². The molecule has 0 spiro atoms. The predicted molar refractivity (Wildman–Crippen MR) is 111 cm³/mol. The van der Waals surface area contributed by atoms with Crippen molar-refractivity contribution in [1.82, 2.24) is 20.6 Å². The molecule has 2 aromatic rings. The number of urea groups is 1. The van der Waals surface area contributed by atoms with Gasteiger partial charge in [0, 0.05) is 16.3 Å². The van der Waals surface area contributed by atoms with Crippen LogP contribution in [0, 0.1) is 13.8 Å². The fourth-order valence-corrected chi connectivity index (χ4v) is 4.92. The van der Waals surface area contributed by atoms with E-state index < -0.39 is 12.0 Å². The number of ether oxygens (including phenoxy) is 1. The van der Waals surface area contributed by atoms with Gasteiger partial charge in [0.05, 0.1) is 29.4 Å². The smallest absolute Gasteiger partial charge is 0.337 e.